The van der Waals surface area contributed by atoms with Gasteiger partial charge in [-0.15, -0.1) is 0 Å². The summed E-state index contributed by atoms with van der Waals surface area (Å²) >= 11 is 6.24. The number of amides is 1. The third kappa shape index (κ3) is 4.35. The van der Waals surface area contributed by atoms with Crippen molar-refractivity contribution in [1.29, 1.82) is 0 Å². The first-order chi connectivity index (χ1) is 16.5. The summed E-state index contributed by atoms with van der Waals surface area (Å²) in [5.41, 5.74) is 2.35. The van der Waals surface area contributed by atoms with E-state index in [1.165, 1.54) is 0 Å². The number of aromatic nitrogens is 4. The molecule has 0 bridgehead atoms. The lowest BCUT2D eigenvalue weighted by Crippen LogP contribution is -2.35. The Balaban J connectivity index is 1.49. The fourth-order valence-electron chi connectivity index (χ4n) is 4.30. The van der Waals surface area contributed by atoms with Crippen molar-refractivity contribution in [2.24, 2.45) is 0 Å². The summed E-state index contributed by atoms with van der Waals surface area (Å²) in [7, 11) is 0. The molecule has 1 saturated heterocycles. The molecule has 0 unspecified atom stereocenters. The molecule has 0 saturated carbocycles. The molecular formula is C26H27ClN6O. The maximum absolute atomic E-state index is 13.0. The molecule has 1 aliphatic heterocycles. The largest absolute Gasteiger partial charge is 0.354 e. The number of carbonyl (C=O) groups is 1. The Morgan fingerprint density at radius 2 is 1.79 bits per heavy atom. The van der Waals surface area contributed by atoms with E-state index in [4.69, 9.17) is 21.6 Å². The lowest BCUT2D eigenvalue weighted by molar-refractivity contribution is 0.0767. The minimum atomic E-state index is 0.0759. The first kappa shape index (κ1) is 22.3. The van der Waals surface area contributed by atoms with Crippen LogP contribution in [0.25, 0.3) is 16.7 Å². The van der Waals surface area contributed by atoms with Crippen molar-refractivity contribution in [3.05, 3.63) is 77.2 Å². The van der Waals surface area contributed by atoms with E-state index in [0.717, 1.165) is 53.4 Å². The summed E-state index contributed by atoms with van der Waals surface area (Å²) in [5.74, 6) is 1.88. The van der Waals surface area contributed by atoms with Gasteiger partial charge in [-0.25, -0.2) is 14.6 Å². The van der Waals surface area contributed by atoms with Crippen molar-refractivity contribution in [1.82, 2.24) is 24.6 Å². The van der Waals surface area contributed by atoms with Crippen LogP contribution in [0, 0.1) is 0 Å². The van der Waals surface area contributed by atoms with Crippen molar-refractivity contribution in [2.45, 2.75) is 26.2 Å². The van der Waals surface area contributed by atoms with Crippen LogP contribution in [0.1, 0.15) is 42.4 Å². The predicted octanol–water partition coefficient (Wildman–Crippen LogP) is 4.94. The number of rotatable bonds is 4. The number of hydrogen-bond acceptors (Lipinski definition) is 5. The number of nitrogens with zero attached hydrogens (tertiary/aromatic N) is 6. The van der Waals surface area contributed by atoms with E-state index in [0.29, 0.717) is 18.1 Å². The summed E-state index contributed by atoms with van der Waals surface area (Å²) in [6.07, 6.45) is 2.69. The third-order valence-corrected chi connectivity index (χ3v) is 6.33. The summed E-state index contributed by atoms with van der Waals surface area (Å²) in [4.78, 5) is 27.0. The van der Waals surface area contributed by atoms with Gasteiger partial charge in [0.25, 0.3) is 5.91 Å². The molecule has 8 heteroatoms. The summed E-state index contributed by atoms with van der Waals surface area (Å²) in [5, 5.41) is 6.18. The number of hydrogen-bond donors (Lipinski definition) is 0. The van der Waals surface area contributed by atoms with Crippen LogP contribution in [0.2, 0.25) is 5.02 Å². The summed E-state index contributed by atoms with van der Waals surface area (Å²) < 4.78 is 1.82. The molecule has 0 aliphatic carbocycles. The van der Waals surface area contributed by atoms with E-state index in [9.17, 15) is 4.79 Å². The van der Waals surface area contributed by atoms with Gasteiger partial charge in [0.15, 0.2) is 5.65 Å². The molecular weight excluding hydrogens is 448 g/mol. The van der Waals surface area contributed by atoms with Gasteiger partial charge in [-0.05, 0) is 36.8 Å². The van der Waals surface area contributed by atoms with Gasteiger partial charge in [0, 0.05) is 42.7 Å². The number of anilines is 1. The average molecular weight is 475 g/mol. The molecule has 2 aromatic heterocycles. The van der Waals surface area contributed by atoms with Gasteiger partial charge in [-0.1, -0.05) is 49.7 Å². The standard InChI is InChI=1S/C26H27ClN6O/c1-18(2)23-29-24(22-17-28-33(25(22)30-23)21-11-6-10-20(27)16-21)31-12-7-13-32(15-14-31)26(34)19-8-4-3-5-9-19/h3-6,8-11,16-18H,7,12-15H2,1-2H3. The number of carbonyl (C=O) groups excluding carboxylic acids is 1. The Kier molecular flexibility index (Phi) is 6.20. The normalized spacial score (nSPS) is 14.6. The maximum atomic E-state index is 13.0. The predicted molar refractivity (Wildman–Crippen MR) is 135 cm³/mol. The highest BCUT2D eigenvalue weighted by atomic mass is 35.5. The first-order valence-corrected chi connectivity index (χ1v) is 12.0. The molecule has 0 atom stereocenters. The van der Waals surface area contributed by atoms with Crippen LogP contribution in [0.15, 0.2) is 60.8 Å². The molecule has 1 amide bonds. The molecule has 0 spiro atoms. The first-order valence-electron chi connectivity index (χ1n) is 11.6. The van der Waals surface area contributed by atoms with Gasteiger partial charge in [0.1, 0.15) is 11.6 Å². The molecule has 1 aliphatic rings. The molecule has 174 valence electrons. The fourth-order valence-corrected chi connectivity index (χ4v) is 4.49. The van der Waals surface area contributed by atoms with Crippen LogP contribution in [-0.2, 0) is 0 Å². The molecule has 34 heavy (non-hydrogen) atoms. The lowest BCUT2D eigenvalue weighted by Gasteiger charge is -2.24. The van der Waals surface area contributed by atoms with Gasteiger partial charge >= 0.3 is 0 Å². The van der Waals surface area contributed by atoms with Crippen LogP contribution in [-0.4, -0.2) is 56.7 Å². The lowest BCUT2D eigenvalue weighted by atomic mass is 10.2. The van der Waals surface area contributed by atoms with Gasteiger partial charge < -0.3 is 9.80 Å². The maximum Gasteiger partial charge on any atom is 0.253 e. The zero-order valence-corrected chi connectivity index (χ0v) is 20.1. The quantitative estimate of drug-likeness (QED) is 0.419. The molecule has 0 N–H and O–H groups in total. The van der Waals surface area contributed by atoms with E-state index in [2.05, 4.69) is 23.8 Å². The number of fused-ring (bicyclic) bond motifs is 1. The van der Waals surface area contributed by atoms with Crippen LogP contribution in [0.5, 0.6) is 0 Å². The molecule has 2 aromatic carbocycles. The SMILES string of the molecule is CC(C)c1nc(N2CCCN(C(=O)c3ccccc3)CC2)c2cnn(-c3cccc(Cl)c3)c2n1. The monoisotopic (exact) mass is 474 g/mol. The van der Waals surface area contributed by atoms with E-state index in [1.807, 2.05) is 70.4 Å². The highest BCUT2D eigenvalue weighted by molar-refractivity contribution is 6.30. The second kappa shape index (κ2) is 9.43. The molecule has 3 heterocycles. The Hall–Kier alpha value is -3.45. The van der Waals surface area contributed by atoms with Crippen molar-refractivity contribution in [2.75, 3.05) is 31.1 Å². The van der Waals surface area contributed by atoms with Crippen LogP contribution in [0.3, 0.4) is 0 Å². The molecule has 0 radical (unpaired) electrons. The minimum absolute atomic E-state index is 0.0759. The Bertz CT molecular complexity index is 1320. The number of halogens is 1. The van der Waals surface area contributed by atoms with Gasteiger partial charge in [0.05, 0.1) is 17.3 Å². The van der Waals surface area contributed by atoms with Crippen LogP contribution >= 0.6 is 11.6 Å². The highest BCUT2D eigenvalue weighted by Crippen LogP contribution is 2.29. The molecule has 7 nitrogen and oxygen atoms in total. The van der Waals surface area contributed by atoms with Gasteiger partial charge in [-0.2, -0.15) is 5.10 Å². The molecule has 5 rings (SSSR count). The summed E-state index contributed by atoms with van der Waals surface area (Å²) in [6.45, 7) is 7.05. The van der Waals surface area contributed by atoms with Crippen molar-refractivity contribution in [3.63, 3.8) is 0 Å². The average Bonchev–Trinajstić information content (AvgIpc) is 3.13. The minimum Gasteiger partial charge on any atom is -0.354 e. The smallest absolute Gasteiger partial charge is 0.253 e. The Morgan fingerprint density at radius 3 is 2.56 bits per heavy atom. The van der Waals surface area contributed by atoms with E-state index >= 15 is 0 Å². The highest BCUT2D eigenvalue weighted by Gasteiger charge is 2.24. The van der Waals surface area contributed by atoms with Crippen molar-refractivity contribution < 1.29 is 4.79 Å². The Morgan fingerprint density at radius 1 is 0.971 bits per heavy atom. The van der Waals surface area contributed by atoms with Gasteiger partial charge in [0.2, 0.25) is 0 Å². The van der Waals surface area contributed by atoms with Gasteiger partial charge in [-0.3, -0.25) is 4.79 Å². The fraction of sp³-hybridized carbons (Fsp3) is 0.308. The van der Waals surface area contributed by atoms with Crippen LogP contribution < -0.4 is 4.90 Å². The van der Waals surface area contributed by atoms with E-state index in [-0.39, 0.29) is 11.8 Å². The zero-order valence-electron chi connectivity index (χ0n) is 19.4. The van der Waals surface area contributed by atoms with Crippen molar-refractivity contribution >= 4 is 34.4 Å². The molecule has 1 fully saturated rings. The second-order valence-corrected chi connectivity index (χ2v) is 9.27. The summed E-state index contributed by atoms with van der Waals surface area (Å²) in [6, 6.07) is 17.1. The molecule has 4 aromatic rings. The van der Waals surface area contributed by atoms with Crippen molar-refractivity contribution in [3.8, 4) is 5.69 Å². The van der Waals surface area contributed by atoms with Crippen LogP contribution in [0.4, 0.5) is 5.82 Å². The second-order valence-electron chi connectivity index (χ2n) is 8.83. The zero-order chi connectivity index (χ0) is 23.7. The Labute approximate surface area is 204 Å². The third-order valence-electron chi connectivity index (χ3n) is 6.10. The topological polar surface area (TPSA) is 67.2 Å². The van der Waals surface area contributed by atoms with E-state index in [1.54, 1.807) is 0 Å². The number of benzene rings is 2. The van der Waals surface area contributed by atoms with E-state index < -0.39 is 0 Å².